The average molecular weight is 680 g/mol. The van der Waals surface area contributed by atoms with Crippen LogP contribution in [0.4, 0.5) is 0 Å². The van der Waals surface area contributed by atoms with E-state index in [4.69, 9.17) is 69.8 Å². The van der Waals surface area contributed by atoms with E-state index >= 15 is 0 Å². The number of para-hydroxylation sites is 2. The topological polar surface area (TPSA) is 109 Å². The van der Waals surface area contributed by atoms with Crippen molar-refractivity contribution in [3.05, 3.63) is 60.7 Å². The normalized spacial score (nSPS) is 13.8. The van der Waals surface area contributed by atoms with Crippen molar-refractivity contribution in [2.24, 2.45) is 5.73 Å². The smallest absolute Gasteiger partial charge is 0.323 e. The van der Waals surface area contributed by atoms with E-state index in [0.29, 0.717) is 11.5 Å². The van der Waals surface area contributed by atoms with Gasteiger partial charge in [-0.3, -0.25) is 9.59 Å². The molecule has 39 heavy (non-hydrogen) atoms. The molecule has 2 aromatic rings. The number of rotatable bonds is 10. The summed E-state index contributed by atoms with van der Waals surface area (Å²) in [5, 5.41) is 2.80. The van der Waals surface area contributed by atoms with Crippen molar-refractivity contribution in [1.29, 1.82) is 0 Å². The van der Waals surface area contributed by atoms with E-state index in [1.807, 2.05) is 36.4 Å². The van der Waals surface area contributed by atoms with Crippen LogP contribution in [0.1, 0.15) is 41.5 Å². The third-order valence-corrected chi connectivity index (χ3v) is 6.94. The first-order valence-corrected chi connectivity index (χ1v) is 19.8. The largest absolute Gasteiger partial charge is 0.462 e. The number of esters is 2. The second-order valence-corrected chi connectivity index (χ2v) is 20.4. The highest BCUT2D eigenvalue weighted by Gasteiger charge is 2.24. The zero-order valence-corrected chi connectivity index (χ0v) is 28.1. The van der Waals surface area contributed by atoms with Gasteiger partial charge in [-0.2, -0.15) is 0 Å². The minimum atomic E-state index is -2.81. The molecule has 0 aromatic heterocycles. The lowest BCUT2D eigenvalue weighted by molar-refractivity contribution is -0.149. The van der Waals surface area contributed by atoms with Crippen LogP contribution in [0.2, 0.25) is 0 Å². The van der Waals surface area contributed by atoms with Gasteiger partial charge in [-0.15, -0.1) is 0 Å². The Morgan fingerprint density at radius 2 is 1.13 bits per heavy atom. The molecule has 0 heterocycles. The van der Waals surface area contributed by atoms with Crippen molar-refractivity contribution in [3.8, 4) is 11.5 Å². The first-order valence-electron chi connectivity index (χ1n) is 11.6. The van der Waals surface area contributed by atoms with E-state index in [2.05, 4.69) is 16.9 Å². The van der Waals surface area contributed by atoms with E-state index in [-0.39, 0.29) is 18.2 Å². The molecule has 0 radical (unpaired) electrons. The molecular weight excluding hydrogens is 645 g/mol. The van der Waals surface area contributed by atoms with Crippen molar-refractivity contribution in [3.63, 3.8) is 0 Å². The Labute approximate surface area is 255 Å². The molecule has 0 spiro atoms. The lowest BCUT2D eigenvalue weighted by atomic mass is 10.3. The molecule has 0 saturated carbocycles. The number of carbonyl (C=O) groups is 2. The summed E-state index contributed by atoms with van der Waals surface area (Å²) in [6.07, 6.45) is -0.247. The minimum absolute atomic E-state index is 0.0662. The second kappa shape index (κ2) is 19.2. The fraction of sp³-hybridized carbons (Fsp3) is 0.417. The highest BCUT2D eigenvalue weighted by atomic mass is 35.9. The van der Waals surface area contributed by atoms with Crippen LogP contribution in [0.25, 0.3) is 0 Å². The molecule has 1 unspecified atom stereocenters. The number of ether oxygens (including phenoxy) is 2. The molecule has 2 aromatic carbocycles. The van der Waals surface area contributed by atoms with Crippen molar-refractivity contribution in [2.45, 2.75) is 65.8 Å². The summed E-state index contributed by atoms with van der Waals surface area (Å²) < 4.78 is 20.4. The molecule has 220 valence electrons. The quantitative estimate of drug-likeness (QED) is 0.193. The molecule has 0 aliphatic heterocycles. The average Bonchev–Trinajstić information content (AvgIpc) is 2.78. The van der Waals surface area contributed by atoms with Gasteiger partial charge in [-0.25, -0.2) is 5.09 Å². The van der Waals surface area contributed by atoms with Gasteiger partial charge in [0.1, 0.15) is 23.6 Å². The van der Waals surface area contributed by atoms with Gasteiger partial charge >= 0.3 is 11.9 Å². The first kappa shape index (κ1) is 38.1. The van der Waals surface area contributed by atoms with Gasteiger partial charge in [0.05, 0.1) is 12.2 Å². The summed E-state index contributed by atoms with van der Waals surface area (Å²) in [6, 6.07) is 16.9. The second-order valence-electron chi connectivity index (χ2n) is 8.31. The summed E-state index contributed by atoms with van der Waals surface area (Å²) in [5.41, 5.74) is 5.21. The molecule has 3 atom stereocenters. The van der Waals surface area contributed by atoms with Gasteiger partial charge < -0.3 is 24.3 Å². The maximum atomic E-state index is 11.7. The molecule has 0 aliphatic rings. The number of nitrogens with two attached hydrogens (primary N) is 1. The molecule has 0 fully saturated rings. The Morgan fingerprint density at radius 3 is 1.46 bits per heavy atom. The number of nitrogens with one attached hydrogen (secondary N) is 1. The third kappa shape index (κ3) is 21.5. The van der Waals surface area contributed by atoms with E-state index in [1.54, 1.807) is 65.8 Å². The maximum absolute atomic E-state index is 11.7. The SMILES string of the molecule is CC(C)OC(=O)[C@H](C)N.CC(C)OC(=O)[C@H](C)NP(=S)(Cl)Oc1ccccc1.S=P(Cl)(Cl)Oc1ccccc1. The highest BCUT2D eigenvalue weighted by molar-refractivity contribution is 8.36. The van der Waals surface area contributed by atoms with Crippen LogP contribution in [0.5, 0.6) is 11.5 Å². The Morgan fingerprint density at radius 1 is 0.744 bits per heavy atom. The van der Waals surface area contributed by atoms with Crippen molar-refractivity contribution in [2.75, 3.05) is 0 Å². The van der Waals surface area contributed by atoms with E-state index in [1.165, 1.54) is 0 Å². The van der Waals surface area contributed by atoms with Crippen LogP contribution in [0, 0.1) is 0 Å². The molecule has 0 amide bonds. The van der Waals surface area contributed by atoms with Crippen LogP contribution in [-0.4, -0.2) is 36.2 Å². The molecule has 0 saturated heterocycles. The fourth-order valence-corrected chi connectivity index (χ4v) is 5.73. The van der Waals surface area contributed by atoms with Crippen molar-refractivity contribution < 1.29 is 28.1 Å². The van der Waals surface area contributed by atoms with Gasteiger partial charge in [-0.1, -0.05) is 36.4 Å². The monoisotopic (exact) mass is 678 g/mol. The lowest BCUT2D eigenvalue weighted by Crippen LogP contribution is -2.34. The standard InChI is InChI=1S/C12H17ClNO3PS.C6H5Cl2OPS.C6H13NO2/c1-9(2)16-12(15)10(3)14-18(13,19)17-11-7-5-4-6-8-11;7-10(8,11)9-6-4-2-1-3-5-6;1-4(2)9-6(8)5(3)7/h4-10H,1-3H3,(H,14,19);1-5H;4-5H,7H2,1-3H3/t10-,18?;;5-/m0.0/s1. The van der Waals surface area contributed by atoms with Crippen LogP contribution in [-0.2, 0) is 42.7 Å². The minimum Gasteiger partial charge on any atom is -0.462 e. The maximum Gasteiger partial charge on any atom is 0.323 e. The summed E-state index contributed by atoms with van der Waals surface area (Å²) in [4.78, 5) is 19.7. The van der Waals surface area contributed by atoms with Gasteiger partial charge in [0.15, 0.2) is 0 Å². The van der Waals surface area contributed by atoms with Gasteiger partial charge in [0.25, 0.3) is 10.7 Å². The van der Waals surface area contributed by atoms with E-state index in [0.717, 1.165) is 0 Å². The van der Waals surface area contributed by atoms with Gasteiger partial charge in [-0.05, 0) is 123 Å². The van der Waals surface area contributed by atoms with Crippen LogP contribution >= 0.6 is 44.5 Å². The van der Waals surface area contributed by atoms with Gasteiger partial charge in [0.2, 0.25) is 0 Å². The van der Waals surface area contributed by atoms with E-state index in [9.17, 15) is 9.59 Å². The molecule has 3 N–H and O–H groups in total. The number of benzene rings is 2. The number of hydrogen-bond acceptors (Lipinski definition) is 9. The zero-order valence-electron chi connectivity index (χ0n) is 22.5. The summed E-state index contributed by atoms with van der Waals surface area (Å²) in [6.45, 7) is 10.4. The zero-order chi connectivity index (χ0) is 30.2. The first-order chi connectivity index (χ1) is 17.9. The van der Waals surface area contributed by atoms with E-state index < -0.39 is 28.8 Å². The number of hydrogen-bond donors (Lipinski definition) is 2. The predicted molar refractivity (Wildman–Crippen MR) is 169 cm³/mol. The number of halogens is 3. The third-order valence-electron chi connectivity index (χ3n) is 3.70. The summed E-state index contributed by atoms with van der Waals surface area (Å²) in [5.74, 6) is -2.38. The summed E-state index contributed by atoms with van der Waals surface area (Å²) >= 11 is 27.1. The summed E-state index contributed by atoms with van der Waals surface area (Å²) in [7, 11) is 0. The molecule has 15 heteroatoms. The molecule has 0 bridgehead atoms. The Hall–Kier alpha value is -0.930. The Balaban J connectivity index is 0.000000612. The lowest BCUT2D eigenvalue weighted by Gasteiger charge is -2.21. The Bertz CT molecular complexity index is 1090. The molecule has 8 nitrogen and oxygen atoms in total. The Kier molecular flexibility index (Phi) is 18.8. The molecule has 2 rings (SSSR count). The van der Waals surface area contributed by atoms with Crippen molar-refractivity contribution in [1.82, 2.24) is 5.09 Å². The highest BCUT2D eigenvalue weighted by Crippen LogP contribution is 2.57. The van der Waals surface area contributed by atoms with Crippen LogP contribution in [0.3, 0.4) is 0 Å². The van der Waals surface area contributed by atoms with Crippen molar-refractivity contribution >= 4 is 80.0 Å². The fourth-order valence-electron chi connectivity index (χ4n) is 2.21. The van der Waals surface area contributed by atoms with Gasteiger partial charge in [0, 0.05) is 0 Å². The number of carbonyl (C=O) groups excluding carboxylic acids is 2. The molecular formula is C24H35Cl3N2O6P2S2. The molecule has 0 aliphatic carbocycles. The predicted octanol–water partition coefficient (Wildman–Crippen LogP) is 7.51. The van der Waals surface area contributed by atoms with Crippen LogP contribution in [0.15, 0.2) is 60.7 Å². The van der Waals surface area contributed by atoms with Crippen LogP contribution < -0.4 is 19.9 Å².